The number of carbonyl (C=O) groups is 5. The van der Waals surface area contributed by atoms with Crippen molar-refractivity contribution in [3.05, 3.63) is 0 Å². The Morgan fingerprint density at radius 2 is 1.86 bits per heavy atom. The molecule has 2 fully saturated rings. The van der Waals surface area contributed by atoms with E-state index < -0.39 is 52.0 Å². The number of fused-ring (bicyclic) bond motifs is 1. The zero-order chi connectivity index (χ0) is 21.9. The van der Waals surface area contributed by atoms with E-state index in [4.69, 9.17) is 10.8 Å². The van der Waals surface area contributed by atoms with E-state index in [1.54, 1.807) is 13.8 Å². The van der Waals surface area contributed by atoms with Crippen LogP contribution in [0.4, 0.5) is 0 Å². The van der Waals surface area contributed by atoms with Gasteiger partial charge in [-0.1, -0.05) is 6.42 Å². The minimum Gasteiger partial charge on any atom is -0.480 e. The second-order valence-corrected chi connectivity index (χ2v) is 9.32. The molecule has 2 rings (SSSR count). The Balaban J connectivity index is 1.78. The molecular formula is C17H26N4O7S. The number of nitrogens with one attached hydrogen (secondary N) is 2. The fraction of sp³-hybridized carbons (Fsp3) is 0.706. The van der Waals surface area contributed by atoms with Gasteiger partial charge in [-0.2, -0.15) is 0 Å². The first-order chi connectivity index (χ1) is 13.5. The molecule has 2 saturated heterocycles. The number of carboxylic acids is 2. The molecule has 2 heterocycles. The molecule has 3 amide bonds. The van der Waals surface area contributed by atoms with Crippen LogP contribution in [0.5, 0.6) is 0 Å². The number of hydrogen-bond donors (Lipinski definition) is 5. The van der Waals surface area contributed by atoms with Crippen molar-refractivity contribution in [3.8, 4) is 0 Å². The lowest BCUT2D eigenvalue weighted by Crippen LogP contribution is -2.70. The number of carbonyl (C=O) groups excluding carboxylic acids is 3. The maximum atomic E-state index is 12.3. The molecule has 29 heavy (non-hydrogen) atoms. The summed E-state index contributed by atoms with van der Waals surface area (Å²) in [4.78, 5) is 59.6. The van der Waals surface area contributed by atoms with Crippen LogP contribution in [-0.4, -0.2) is 79.6 Å². The second kappa shape index (κ2) is 8.99. The van der Waals surface area contributed by atoms with Gasteiger partial charge in [0.05, 0.1) is 6.54 Å². The first kappa shape index (κ1) is 22.9. The first-order valence-electron chi connectivity index (χ1n) is 9.24. The van der Waals surface area contributed by atoms with E-state index in [2.05, 4.69) is 10.6 Å². The fourth-order valence-electron chi connectivity index (χ4n) is 3.54. The van der Waals surface area contributed by atoms with Gasteiger partial charge in [0.2, 0.25) is 17.7 Å². The third kappa shape index (κ3) is 4.99. The van der Waals surface area contributed by atoms with Gasteiger partial charge in [0.1, 0.15) is 23.5 Å². The summed E-state index contributed by atoms with van der Waals surface area (Å²) in [5.41, 5.74) is 5.15. The van der Waals surface area contributed by atoms with Gasteiger partial charge in [-0.25, -0.2) is 9.59 Å². The molecular weight excluding hydrogens is 404 g/mol. The Hall–Kier alpha value is -2.34. The number of unbranched alkanes of at least 4 members (excludes halogenated alkanes) is 1. The molecule has 0 unspecified atom stereocenters. The Kier molecular flexibility index (Phi) is 7.11. The summed E-state index contributed by atoms with van der Waals surface area (Å²) in [6.07, 6.45) is 0.994. The predicted octanol–water partition coefficient (Wildman–Crippen LogP) is -1.29. The quantitative estimate of drug-likeness (QED) is 0.208. The summed E-state index contributed by atoms with van der Waals surface area (Å²) >= 11 is 1.34. The van der Waals surface area contributed by atoms with Crippen molar-refractivity contribution in [2.45, 2.75) is 67.8 Å². The smallest absolute Gasteiger partial charge is 0.327 e. The average molecular weight is 430 g/mol. The van der Waals surface area contributed by atoms with E-state index in [-0.39, 0.29) is 25.3 Å². The topological polar surface area (TPSA) is 179 Å². The van der Waals surface area contributed by atoms with Gasteiger partial charge in [0.25, 0.3) is 0 Å². The minimum absolute atomic E-state index is 0.0874. The van der Waals surface area contributed by atoms with E-state index >= 15 is 0 Å². The Labute approximate surface area is 171 Å². The monoisotopic (exact) mass is 430 g/mol. The lowest BCUT2D eigenvalue weighted by atomic mass is 9.96. The Morgan fingerprint density at radius 3 is 2.41 bits per heavy atom. The molecule has 0 radical (unpaired) electrons. The lowest BCUT2D eigenvalue weighted by Gasteiger charge is -2.43. The number of β-lactam (4-membered cyclic amide) rings is 1. The molecule has 11 nitrogen and oxygen atoms in total. The summed E-state index contributed by atoms with van der Waals surface area (Å²) < 4.78 is -0.661. The predicted molar refractivity (Wildman–Crippen MR) is 103 cm³/mol. The number of carboxylic acid groups (broad SMARTS) is 2. The minimum atomic E-state index is -1.18. The molecule has 0 aliphatic carbocycles. The summed E-state index contributed by atoms with van der Waals surface area (Å²) in [7, 11) is 0. The number of nitrogens with two attached hydrogens (primary N) is 1. The Morgan fingerprint density at radius 1 is 1.21 bits per heavy atom. The van der Waals surface area contributed by atoms with Crippen molar-refractivity contribution in [1.82, 2.24) is 15.5 Å². The van der Waals surface area contributed by atoms with Crippen LogP contribution in [-0.2, 0) is 24.0 Å². The number of hydrogen-bond acceptors (Lipinski definition) is 7. The largest absolute Gasteiger partial charge is 0.480 e. The van der Waals surface area contributed by atoms with Gasteiger partial charge < -0.3 is 31.5 Å². The standard InChI is InChI=1S/C17H26N4O7S/c1-17(2)12(16(27)28)21-13(24)11(14(21)29-17)20-9(22)6-4-3-5-8(15(25)26)19-10(23)7-18/h8,11-12,14H,3-7,18H2,1-2H3,(H,19,23)(H,20,22)(H,25,26)(H,27,28)/t8-,11-,12-,14+/m1/s1. The van der Waals surface area contributed by atoms with E-state index in [0.29, 0.717) is 12.8 Å². The Bertz CT molecular complexity index is 714. The van der Waals surface area contributed by atoms with Crippen molar-refractivity contribution in [3.63, 3.8) is 0 Å². The van der Waals surface area contributed by atoms with E-state index in [9.17, 15) is 29.1 Å². The van der Waals surface area contributed by atoms with E-state index in [0.717, 1.165) is 0 Å². The van der Waals surface area contributed by atoms with Gasteiger partial charge in [-0.15, -0.1) is 11.8 Å². The van der Waals surface area contributed by atoms with Gasteiger partial charge in [0.15, 0.2) is 0 Å². The van der Waals surface area contributed by atoms with Gasteiger partial charge in [0, 0.05) is 11.2 Å². The molecule has 162 valence electrons. The summed E-state index contributed by atoms with van der Waals surface area (Å²) in [5.74, 6) is -3.59. The van der Waals surface area contributed by atoms with Crippen molar-refractivity contribution < 1.29 is 34.2 Å². The highest BCUT2D eigenvalue weighted by molar-refractivity contribution is 8.01. The molecule has 2 aliphatic rings. The molecule has 0 aromatic heterocycles. The molecule has 0 saturated carbocycles. The van der Waals surface area contributed by atoms with Crippen LogP contribution in [0.25, 0.3) is 0 Å². The van der Waals surface area contributed by atoms with Crippen LogP contribution in [0.3, 0.4) is 0 Å². The highest BCUT2D eigenvalue weighted by Crippen LogP contribution is 2.50. The SMILES string of the molecule is CC1(C)S[C@H]2[C@H](NC(=O)CCCC[C@@H](NC(=O)CN)C(=O)O)C(=O)N2[C@@H]1C(=O)O. The van der Waals surface area contributed by atoms with Gasteiger partial charge >= 0.3 is 11.9 Å². The summed E-state index contributed by atoms with van der Waals surface area (Å²) in [6.45, 7) is 3.20. The van der Waals surface area contributed by atoms with Gasteiger partial charge in [-0.05, 0) is 26.7 Å². The number of amides is 3. The molecule has 0 spiro atoms. The van der Waals surface area contributed by atoms with E-state index in [1.807, 2.05) is 0 Å². The van der Waals surface area contributed by atoms with Crippen LogP contribution < -0.4 is 16.4 Å². The average Bonchev–Trinajstić information content (AvgIpc) is 2.89. The van der Waals surface area contributed by atoms with Crippen molar-refractivity contribution in [1.29, 1.82) is 0 Å². The van der Waals surface area contributed by atoms with Crippen LogP contribution in [0.2, 0.25) is 0 Å². The highest BCUT2D eigenvalue weighted by Gasteiger charge is 2.64. The fourth-order valence-corrected chi connectivity index (χ4v) is 5.16. The zero-order valence-electron chi connectivity index (χ0n) is 16.2. The van der Waals surface area contributed by atoms with Crippen LogP contribution >= 0.6 is 11.8 Å². The van der Waals surface area contributed by atoms with Crippen molar-refractivity contribution in [2.75, 3.05) is 6.54 Å². The third-order valence-corrected chi connectivity index (χ3v) is 6.53. The third-order valence-electron chi connectivity index (χ3n) is 4.96. The van der Waals surface area contributed by atoms with Crippen molar-refractivity contribution in [2.24, 2.45) is 5.73 Å². The molecule has 2 aliphatic heterocycles. The highest BCUT2D eigenvalue weighted by atomic mass is 32.2. The zero-order valence-corrected chi connectivity index (χ0v) is 17.0. The normalized spacial score (nSPS) is 25.6. The number of rotatable bonds is 10. The molecule has 6 N–H and O–H groups in total. The maximum absolute atomic E-state index is 12.3. The summed E-state index contributed by atoms with van der Waals surface area (Å²) in [6, 6.07) is -2.76. The van der Waals surface area contributed by atoms with Crippen LogP contribution in [0.1, 0.15) is 39.5 Å². The van der Waals surface area contributed by atoms with Crippen LogP contribution in [0.15, 0.2) is 0 Å². The van der Waals surface area contributed by atoms with E-state index in [1.165, 1.54) is 16.7 Å². The maximum Gasteiger partial charge on any atom is 0.327 e. The summed E-state index contributed by atoms with van der Waals surface area (Å²) in [5, 5.41) is 23.0. The molecule has 4 atom stereocenters. The number of thioether (sulfide) groups is 1. The number of aliphatic carboxylic acids is 2. The van der Waals surface area contributed by atoms with Gasteiger partial charge in [-0.3, -0.25) is 14.4 Å². The van der Waals surface area contributed by atoms with Crippen LogP contribution in [0, 0.1) is 0 Å². The molecule has 0 aromatic carbocycles. The lowest BCUT2D eigenvalue weighted by molar-refractivity contribution is -0.161. The second-order valence-electron chi connectivity index (χ2n) is 7.55. The number of nitrogens with zero attached hydrogens (tertiary/aromatic N) is 1. The molecule has 12 heteroatoms. The molecule has 0 aromatic rings. The first-order valence-corrected chi connectivity index (χ1v) is 10.1. The molecule has 0 bridgehead atoms. The van der Waals surface area contributed by atoms with Crippen molar-refractivity contribution >= 4 is 41.4 Å².